The summed E-state index contributed by atoms with van der Waals surface area (Å²) in [6.45, 7) is 6.79. The molecule has 8 heavy (non-hydrogen) atoms. The fraction of sp³-hybridized carbons (Fsp3) is 0.500. The lowest BCUT2D eigenvalue weighted by molar-refractivity contribution is 1.13. The van der Waals surface area contributed by atoms with Crippen LogP contribution >= 0.6 is 0 Å². The zero-order valence-electron chi connectivity index (χ0n) is 5.09. The van der Waals surface area contributed by atoms with E-state index in [1.54, 1.807) is 6.08 Å². The molecule has 0 aromatic rings. The molecule has 0 aliphatic rings. The maximum absolute atomic E-state index is 3.74. The number of hydrogen-bond acceptors (Lipinski definition) is 2. The summed E-state index contributed by atoms with van der Waals surface area (Å²) in [5, 5.41) is 0. The molecule has 0 saturated carbocycles. The van der Waals surface area contributed by atoms with Gasteiger partial charge in [-0.05, 0) is 6.92 Å². The van der Waals surface area contributed by atoms with E-state index >= 15 is 0 Å². The first-order valence-electron chi connectivity index (χ1n) is 2.60. The Balaban J connectivity index is 3.31. The molecular weight excluding hydrogens is 100 g/mol. The third-order valence-corrected chi connectivity index (χ3v) is 0.520. The third-order valence-electron chi connectivity index (χ3n) is 0.520. The van der Waals surface area contributed by atoms with Gasteiger partial charge in [0, 0.05) is 6.54 Å². The fourth-order valence-corrected chi connectivity index (χ4v) is 0.226. The van der Waals surface area contributed by atoms with Crippen LogP contribution in [-0.4, -0.2) is 19.1 Å². The summed E-state index contributed by atoms with van der Waals surface area (Å²) in [6, 6.07) is 2.51. The van der Waals surface area contributed by atoms with Crippen molar-refractivity contribution in [3.8, 4) is 0 Å². The molecule has 0 aromatic heterocycles. The smallest absolute Gasteiger partial charge is 0.0895 e. The molecule has 0 N–H and O–H groups in total. The Labute approximate surface area is 49.7 Å². The second kappa shape index (κ2) is 6.12. The minimum absolute atomic E-state index is 0.615. The predicted molar refractivity (Wildman–Crippen MR) is 35.5 cm³/mol. The average Bonchev–Trinajstić information content (AvgIpc) is 1.81. The van der Waals surface area contributed by atoms with Crippen LogP contribution in [0.3, 0.4) is 0 Å². The van der Waals surface area contributed by atoms with Crippen LogP contribution in [0.1, 0.15) is 6.92 Å². The van der Waals surface area contributed by atoms with E-state index < -0.39 is 0 Å². The lowest BCUT2D eigenvalue weighted by atomic mass is 10.7. The van der Waals surface area contributed by atoms with E-state index in [-0.39, 0.29) is 0 Å². The van der Waals surface area contributed by atoms with Gasteiger partial charge in [-0.1, -0.05) is 6.08 Å². The zero-order chi connectivity index (χ0) is 6.24. The molecule has 0 unspecified atom stereocenters. The monoisotopic (exact) mass is 110 g/mol. The van der Waals surface area contributed by atoms with Gasteiger partial charge < -0.3 is 0 Å². The van der Waals surface area contributed by atoms with Crippen LogP contribution in [0.25, 0.3) is 0 Å². The highest BCUT2D eigenvalue weighted by Crippen LogP contribution is 1.65. The predicted octanol–water partition coefficient (Wildman–Crippen LogP) is 1.37. The van der Waals surface area contributed by atoms with Gasteiger partial charge in [0.1, 0.15) is 0 Å². The van der Waals surface area contributed by atoms with Gasteiger partial charge in [-0.3, -0.25) is 0 Å². The Morgan fingerprint density at radius 3 is 2.88 bits per heavy atom. The highest BCUT2D eigenvalue weighted by Gasteiger charge is 1.60. The lowest BCUT2D eigenvalue weighted by Crippen LogP contribution is -1.68. The van der Waals surface area contributed by atoms with Crippen molar-refractivity contribution in [2.24, 2.45) is 9.98 Å². The first kappa shape index (κ1) is 7.12. The largest absolute Gasteiger partial charge is 0.226 e. The van der Waals surface area contributed by atoms with E-state index in [1.807, 2.05) is 6.92 Å². The summed E-state index contributed by atoms with van der Waals surface area (Å²) < 4.78 is 0. The molecule has 0 spiro atoms. The lowest BCUT2D eigenvalue weighted by Gasteiger charge is -1.71. The van der Waals surface area contributed by atoms with Gasteiger partial charge in [0.2, 0.25) is 0 Å². The molecule has 0 radical (unpaired) electrons. The molecule has 0 bridgehead atoms. The van der Waals surface area contributed by atoms with Crippen molar-refractivity contribution < 1.29 is 0 Å². The van der Waals surface area contributed by atoms with Crippen molar-refractivity contribution in [3.63, 3.8) is 0 Å². The average molecular weight is 110 g/mol. The summed E-state index contributed by atoms with van der Waals surface area (Å²) in [7, 11) is 0. The number of aliphatic imine (C=N–C) groups is 2. The van der Waals surface area contributed by atoms with E-state index in [2.05, 4.69) is 22.6 Å². The van der Waals surface area contributed by atoms with Crippen LogP contribution in [0.2, 0.25) is 0 Å². The first-order chi connectivity index (χ1) is 3.91. The van der Waals surface area contributed by atoms with Crippen LogP contribution in [-0.2, 0) is 0 Å². The summed E-state index contributed by atoms with van der Waals surface area (Å²) in [5.41, 5.74) is 0. The molecule has 0 amide bonds. The molecule has 0 saturated heterocycles. The normalized spacial score (nSPS) is 7.12. The van der Waals surface area contributed by atoms with Gasteiger partial charge in [0.05, 0.1) is 12.6 Å². The van der Waals surface area contributed by atoms with Gasteiger partial charge in [-0.25, -0.2) is 9.98 Å². The van der Waals surface area contributed by atoms with E-state index in [1.165, 1.54) is 0 Å². The van der Waals surface area contributed by atoms with Crippen LogP contribution in [0, 0.1) is 0 Å². The number of hydrogen-bond donors (Lipinski definition) is 0. The Morgan fingerprint density at radius 1 is 1.62 bits per heavy atom. The van der Waals surface area contributed by atoms with Crippen molar-refractivity contribution >= 4 is 6.01 Å². The van der Waals surface area contributed by atoms with E-state index in [0.717, 1.165) is 6.54 Å². The molecule has 0 aliphatic carbocycles. The highest BCUT2D eigenvalue weighted by molar-refractivity contribution is 5.41. The zero-order valence-corrected chi connectivity index (χ0v) is 5.09. The molecular formula is C6H10N2. The summed E-state index contributed by atoms with van der Waals surface area (Å²) in [6.07, 6.45) is 1.71. The summed E-state index contributed by atoms with van der Waals surface area (Å²) in [5.74, 6) is 0. The maximum atomic E-state index is 3.74. The molecule has 0 atom stereocenters. The van der Waals surface area contributed by atoms with E-state index in [0.29, 0.717) is 6.54 Å². The van der Waals surface area contributed by atoms with Crippen LogP contribution in [0.4, 0.5) is 0 Å². The van der Waals surface area contributed by atoms with Gasteiger partial charge in [0.25, 0.3) is 0 Å². The highest BCUT2D eigenvalue weighted by atomic mass is 14.8. The minimum Gasteiger partial charge on any atom is -0.226 e. The molecule has 0 heterocycles. The molecule has 44 valence electrons. The minimum atomic E-state index is 0.615. The topological polar surface area (TPSA) is 24.7 Å². The maximum Gasteiger partial charge on any atom is 0.0895 e. The Morgan fingerprint density at radius 2 is 2.38 bits per heavy atom. The van der Waals surface area contributed by atoms with Crippen molar-refractivity contribution in [2.45, 2.75) is 6.92 Å². The molecule has 0 fully saturated rings. The number of nitrogens with zero attached hydrogens (tertiary/aromatic N) is 2. The van der Waals surface area contributed by atoms with Crippen LogP contribution in [0.15, 0.2) is 22.6 Å². The standard InChI is InChI=1S/C6H10N2/c1-3-5-8-6-7-4-2/h3H,1,4-5H2,2H3. The van der Waals surface area contributed by atoms with Crippen molar-refractivity contribution in [1.29, 1.82) is 0 Å². The third kappa shape index (κ3) is 5.12. The fourth-order valence-electron chi connectivity index (χ4n) is 0.226. The van der Waals surface area contributed by atoms with Crippen molar-refractivity contribution in [3.05, 3.63) is 12.7 Å². The second-order valence-corrected chi connectivity index (χ2v) is 1.20. The summed E-state index contributed by atoms with van der Waals surface area (Å²) in [4.78, 5) is 7.49. The Kier molecular flexibility index (Phi) is 5.45. The van der Waals surface area contributed by atoms with Crippen LogP contribution < -0.4 is 0 Å². The van der Waals surface area contributed by atoms with Crippen molar-refractivity contribution in [1.82, 2.24) is 0 Å². The van der Waals surface area contributed by atoms with Gasteiger partial charge in [-0.15, -0.1) is 6.58 Å². The molecule has 0 rings (SSSR count). The molecule has 0 aromatic carbocycles. The van der Waals surface area contributed by atoms with Gasteiger partial charge in [0.15, 0.2) is 0 Å². The van der Waals surface area contributed by atoms with E-state index in [4.69, 9.17) is 0 Å². The van der Waals surface area contributed by atoms with Gasteiger partial charge in [-0.2, -0.15) is 0 Å². The Bertz CT molecular complexity index is 110. The van der Waals surface area contributed by atoms with Gasteiger partial charge >= 0.3 is 0 Å². The number of rotatable bonds is 3. The Hall–Kier alpha value is -0.880. The summed E-state index contributed by atoms with van der Waals surface area (Å²) >= 11 is 0. The molecule has 2 heteroatoms. The van der Waals surface area contributed by atoms with Crippen LogP contribution in [0.5, 0.6) is 0 Å². The molecule has 0 aliphatic heterocycles. The quantitative estimate of drug-likeness (QED) is 0.387. The van der Waals surface area contributed by atoms with E-state index in [9.17, 15) is 0 Å². The molecule has 2 nitrogen and oxygen atoms in total. The second-order valence-electron chi connectivity index (χ2n) is 1.20. The van der Waals surface area contributed by atoms with Crippen molar-refractivity contribution in [2.75, 3.05) is 13.1 Å². The SMILES string of the molecule is C=CCN=C=NCC. The first-order valence-corrected chi connectivity index (χ1v) is 2.60.